The number of aromatic nitrogens is 6. The van der Waals surface area contributed by atoms with E-state index in [1.165, 1.54) is 0 Å². The van der Waals surface area contributed by atoms with E-state index in [0.717, 1.165) is 37.6 Å². The fraction of sp³-hybridized carbons (Fsp3) is 0.333. The van der Waals surface area contributed by atoms with Gasteiger partial charge in [-0.15, -0.1) is 5.10 Å². The summed E-state index contributed by atoms with van der Waals surface area (Å²) in [6, 6.07) is 13.8. The van der Waals surface area contributed by atoms with Crippen molar-refractivity contribution in [2.75, 3.05) is 32.4 Å². The van der Waals surface area contributed by atoms with E-state index in [1.807, 2.05) is 18.2 Å². The number of piperazine rings is 1. The third kappa shape index (κ3) is 5.22. The predicted molar refractivity (Wildman–Crippen MR) is 141 cm³/mol. The Kier molecular flexibility index (Phi) is 7.09. The number of nitrogens with zero attached hydrogens (tertiary/aromatic N) is 9. The Balaban J connectivity index is 1.36. The highest BCUT2D eigenvalue weighted by Crippen LogP contribution is 2.28. The second kappa shape index (κ2) is 10.6. The van der Waals surface area contributed by atoms with Gasteiger partial charge >= 0.3 is 0 Å². The summed E-state index contributed by atoms with van der Waals surface area (Å²) in [5, 5.41) is 17.7. The van der Waals surface area contributed by atoms with Crippen LogP contribution in [0.25, 0.3) is 22.8 Å². The fourth-order valence-electron chi connectivity index (χ4n) is 4.61. The summed E-state index contributed by atoms with van der Waals surface area (Å²) in [7, 11) is 2.16. The van der Waals surface area contributed by atoms with Crippen LogP contribution in [0.3, 0.4) is 0 Å². The standard InChI is InChI=1S/C27H29FN10/c1-17-13-37(11-10-36(17)3)14-20-7-5-8-21(31-20)15-38-16-23(34-35-38)25-24(28)26(30)33-27(32-25)22-9-4-6-19(12-29)18(22)2/h4-9,16-17H,10-11,13-15H2,1-3H3,(H2,30,32,33). The molecule has 4 aromatic rings. The van der Waals surface area contributed by atoms with Crippen LogP contribution in [0.15, 0.2) is 42.6 Å². The van der Waals surface area contributed by atoms with Gasteiger partial charge in [0.25, 0.3) is 0 Å². The van der Waals surface area contributed by atoms with Crippen LogP contribution in [-0.4, -0.2) is 72.5 Å². The molecule has 11 heteroatoms. The van der Waals surface area contributed by atoms with Gasteiger partial charge in [0.15, 0.2) is 17.5 Å². The molecule has 5 rings (SSSR count). The fourth-order valence-corrected chi connectivity index (χ4v) is 4.61. The van der Waals surface area contributed by atoms with Crippen molar-refractivity contribution in [3.63, 3.8) is 0 Å². The van der Waals surface area contributed by atoms with Crippen LogP contribution in [0.1, 0.15) is 29.4 Å². The van der Waals surface area contributed by atoms with Crippen molar-refractivity contribution < 1.29 is 4.39 Å². The molecule has 0 radical (unpaired) electrons. The van der Waals surface area contributed by atoms with Crippen molar-refractivity contribution in [2.24, 2.45) is 0 Å². The Hall–Kier alpha value is -4.27. The SMILES string of the molecule is Cc1c(C#N)cccc1-c1nc(N)c(F)c(-c2cn(Cc3cccc(CN4CCN(C)C(C)C4)n3)nn2)n1. The Morgan fingerprint density at radius 1 is 1.08 bits per heavy atom. The first-order chi connectivity index (χ1) is 18.3. The molecule has 0 saturated carbocycles. The third-order valence-corrected chi connectivity index (χ3v) is 6.97. The minimum atomic E-state index is -0.767. The number of halogens is 1. The van der Waals surface area contributed by atoms with Crippen LogP contribution >= 0.6 is 0 Å². The van der Waals surface area contributed by atoms with E-state index in [9.17, 15) is 9.65 Å². The van der Waals surface area contributed by atoms with Gasteiger partial charge < -0.3 is 10.6 Å². The van der Waals surface area contributed by atoms with Gasteiger partial charge in [-0.05, 0) is 44.7 Å². The molecule has 2 N–H and O–H groups in total. The van der Waals surface area contributed by atoms with Crippen molar-refractivity contribution in [2.45, 2.75) is 33.0 Å². The molecule has 38 heavy (non-hydrogen) atoms. The van der Waals surface area contributed by atoms with Crippen molar-refractivity contribution in [3.8, 4) is 28.8 Å². The maximum absolute atomic E-state index is 15.0. The molecule has 0 bridgehead atoms. The number of hydrogen-bond acceptors (Lipinski definition) is 9. The predicted octanol–water partition coefficient (Wildman–Crippen LogP) is 2.88. The lowest BCUT2D eigenvalue weighted by molar-refractivity contribution is 0.0990. The van der Waals surface area contributed by atoms with Crippen molar-refractivity contribution in [3.05, 3.63) is 70.9 Å². The molecule has 1 aliphatic rings. The van der Waals surface area contributed by atoms with Crippen molar-refractivity contribution in [1.82, 2.24) is 39.7 Å². The first-order valence-corrected chi connectivity index (χ1v) is 12.4. The minimum absolute atomic E-state index is 0.0496. The van der Waals surface area contributed by atoms with Crippen molar-refractivity contribution >= 4 is 5.82 Å². The largest absolute Gasteiger partial charge is 0.381 e. The van der Waals surface area contributed by atoms with Gasteiger partial charge in [0.2, 0.25) is 0 Å². The van der Waals surface area contributed by atoms with Crippen LogP contribution in [0.4, 0.5) is 10.2 Å². The first-order valence-electron chi connectivity index (χ1n) is 12.4. The highest BCUT2D eigenvalue weighted by atomic mass is 19.1. The topological polar surface area (TPSA) is 126 Å². The molecule has 3 aromatic heterocycles. The van der Waals surface area contributed by atoms with E-state index in [1.54, 1.807) is 36.0 Å². The summed E-state index contributed by atoms with van der Waals surface area (Å²) in [6.07, 6.45) is 1.61. The van der Waals surface area contributed by atoms with E-state index >= 15 is 0 Å². The number of rotatable bonds is 6. The number of likely N-dealkylation sites (N-methyl/N-ethyl adjacent to an activating group) is 1. The van der Waals surface area contributed by atoms with Gasteiger partial charge in [-0.3, -0.25) is 9.88 Å². The highest BCUT2D eigenvalue weighted by molar-refractivity contribution is 5.69. The summed E-state index contributed by atoms with van der Waals surface area (Å²) < 4.78 is 16.6. The molecule has 1 atom stereocenters. The van der Waals surface area contributed by atoms with E-state index in [2.05, 4.69) is 50.1 Å². The van der Waals surface area contributed by atoms with Gasteiger partial charge in [-0.2, -0.15) is 5.26 Å². The lowest BCUT2D eigenvalue weighted by atomic mass is 10.0. The molecule has 1 aromatic carbocycles. The Morgan fingerprint density at radius 3 is 2.61 bits per heavy atom. The lowest BCUT2D eigenvalue weighted by Gasteiger charge is -2.37. The Morgan fingerprint density at radius 2 is 1.84 bits per heavy atom. The molecule has 1 fully saturated rings. The molecule has 10 nitrogen and oxygen atoms in total. The number of pyridine rings is 1. The van der Waals surface area contributed by atoms with E-state index in [0.29, 0.717) is 29.3 Å². The monoisotopic (exact) mass is 512 g/mol. The first kappa shape index (κ1) is 25.4. The maximum Gasteiger partial charge on any atom is 0.193 e. The van der Waals surface area contributed by atoms with E-state index in [4.69, 9.17) is 10.7 Å². The quantitative estimate of drug-likeness (QED) is 0.415. The van der Waals surface area contributed by atoms with Crippen LogP contribution in [0.2, 0.25) is 0 Å². The average molecular weight is 513 g/mol. The zero-order valence-electron chi connectivity index (χ0n) is 21.6. The van der Waals surface area contributed by atoms with Gasteiger partial charge in [0, 0.05) is 37.8 Å². The maximum atomic E-state index is 15.0. The van der Waals surface area contributed by atoms with Crippen LogP contribution in [-0.2, 0) is 13.1 Å². The number of nitriles is 1. The molecule has 0 aliphatic carbocycles. The summed E-state index contributed by atoms with van der Waals surface area (Å²) >= 11 is 0. The Bertz CT molecular complexity index is 1510. The molecular formula is C27H29FN10. The molecule has 1 saturated heterocycles. The number of anilines is 1. The number of benzene rings is 1. The zero-order chi connectivity index (χ0) is 26.8. The van der Waals surface area contributed by atoms with Gasteiger partial charge in [0.1, 0.15) is 11.4 Å². The van der Waals surface area contributed by atoms with E-state index in [-0.39, 0.29) is 23.0 Å². The van der Waals surface area contributed by atoms with Gasteiger partial charge in [-0.1, -0.05) is 23.4 Å². The third-order valence-electron chi connectivity index (χ3n) is 6.97. The van der Waals surface area contributed by atoms with E-state index < -0.39 is 5.82 Å². The summed E-state index contributed by atoms with van der Waals surface area (Å²) in [6.45, 7) is 8.24. The summed E-state index contributed by atoms with van der Waals surface area (Å²) in [4.78, 5) is 18.1. The molecule has 0 spiro atoms. The molecule has 4 heterocycles. The average Bonchev–Trinajstić information content (AvgIpc) is 3.36. The molecule has 0 amide bonds. The second-order valence-electron chi connectivity index (χ2n) is 9.67. The van der Waals surface area contributed by atoms with Crippen LogP contribution in [0, 0.1) is 24.1 Å². The molecule has 1 aliphatic heterocycles. The van der Waals surface area contributed by atoms with Gasteiger partial charge in [-0.25, -0.2) is 19.0 Å². The van der Waals surface area contributed by atoms with Crippen molar-refractivity contribution in [1.29, 1.82) is 5.26 Å². The highest BCUT2D eigenvalue weighted by Gasteiger charge is 2.22. The Labute approximate surface area is 220 Å². The smallest absolute Gasteiger partial charge is 0.193 e. The second-order valence-corrected chi connectivity index (χ2v) is 9.67. The number of hydrogen-bond donors (Lipinski definition) is 1. The minimum Gasteiger partial charge on any atom is -0.381 e. The molecular weight excluding hydrogens is 483 g/mol. The molecule has 1 unspecified atom stereocenters. The van der Waals surface area contributed by atoms with Gasteiger partial charge in [0.05, 0.1) is 35.8 Å². The number of nitrogen functional groups attached to an aromatic ring is 1. The zero-order valence-corrected chi connectivity index (χ0v) is 21.6. The lowest BCUT2D eigenvalue weighted by Crippen LogP contribution is -2.49. The number of nitrogens with two attached hydrogens (primary N) is 1. The summed E-state index contributed by atoms with van der Waals surface area (Å²) in [5.41, 5.74) is 9.67. The summed E-state index contributed by atoms with van der Waals surface area (Å²) in [5.74, 6) is -0.846. The van der Waals surface area contributed by atoms with Crippen LogP contribution < -0.4 is 5.73 Å². The molecule has 194 valence electrons. The normalized spacial score (nSPS) is 16.4. The van der Waals surface area contributed by atoms with Crippen LogP contribution in [0.5, 0.6) is 0 Å².